The molecule has 11 heteroatoms. The summed E-state index contributed by atoms with van der Waals surface area (Å²) in [7, 11) is 0. The molecule has 0 spiro atoms. The zero-order valence-corrected chi connectivity index (χ0v) is 19.4. The summed E-state index contributed by atoms with van der Waals surface area (Å²) in [6.07, 6.45) is -3.44. The fourth-order valence-corrected chi connectivity index (χ4v) is 4.17. The lowest BCUT2D eigenvalue weighted by Crippen LogP contribution is -2.35. The number of anilines is 1. The summed E-state index contributed by atoms with van der Waals surface area (Å²) in [5.41, 5.74) is 4.11. The van der Waals surface area contributed by atoms with Crippen LogP contribution in [0.25, 0.3) is 23.0 Å². The Hall–Kier alpha value is -3.86. The summed E-state index contributed by atoms with van der Waals surface area (Å²) in [5.74, 6) is 0.115. The van der Waals surface area contributed by atoms with Crippen molar-refractivity contribution in [2.75, 3.05) is 18.0 Å². The number of benzene rings is 2. The minimum atomic E-state index is -4.75. The van der Waals surface area contributed by atoms with Crippen LogP contribution in [0.5, 0.6) is 5.75 Å². The molecule has 0 unspecified atom stereocenters. The Morgan fingerprint density at radius 1 is 1.08 bits per heavy atom. The molecule has 188 valence electrons. The number of nitrogens with zero attached hydrogens (tertiary/aromatic N) is 5. The molecule has 1 aliphatic heterocycles. The molecule has 1 N–H and O–H groups in total. The summed E-state index contributed by atoms with van der Waals surface area (Å²) < 4.78 is 48.2. The van der Waals surface area contributed by atoms with Crippen molar-refractivity contribution in [1.29, 1.82) is 0 Å². The van der Waals surface area contributed by atoms with E-state index < -0.39 is 6.36 Å². The Balaban J connectivity index is 1.29. The van der Waals surface area contributed by atoms with Crippen molar-refractivity contribution in [3.8, 4) is 28.7 Å². The van der Waals surface area contributed by atoms with Crippen molar-refractivity contribution in [3.05, 3.63) is 65.9 Å². The highest BCUT2D eigenvalue weighted by molar-refractivity contribution is 5.59. The van der Waals surface area contributed by atoms with Gasteiger partial charge in [-0.2, -0.15) is 10.1 Å². The fraction of sp³-hybridized carbons (Fsp3) is 0.320. The van der Waals surface area contributed by atoms with E-state index in [9.17, 15) is 18.3 Å². The molecular weight excluding hydrogens is 475 g/mol. The van der Waals surface area contributed by atoms with Crippen LogP contribution in [0.15, 0.2) is 59.1 Å². The molecule has 36 heavy (non-hydrogen) atoms. The van der Waals surface area contributed by atoms with Crippen molar-refractivity contribution in [2.45, 2.75) is 38.8 Å². The first kappa shape index (κ1) is 23.9. The monoisotopic (exact) mass is 499 g/mol. The predicted octanol–water partition coefficient (Wildman–Crippen LogP) is 4.82. The summed E-state index contributed by atoms with van der Waals surface area (Å²) >= 11 is 0. The number of aryl methyl sites for hydroxylation is 1. The van der Waals surface area contributed by atoms with Gasteiger partial charge in [0.05, 0.1) is 12.6 Å². The predicted molar refractivity (Wildman–Crippen MR) is 125 cm³/mol. The minimum Gasteiger partial charge on any atom is -0.406 e. The lowest BCUT2D eigenvalue weighted by Gasteiger charge is -2.31. The highest BCUT2D eigenvalue weighted by atomic mass is 19.4. The zero-order valence-electron chi connectivity index (χ0n) is 19.4. The van der Waals surface area contributed by atoms with Crippen LogP contribution in [0.1, 0.15) is 24.1 Å². The van der Waals surface area contributed by atoms with Gasteiger partial charge >= 0.3 is 6.36 Å². The Bertz CT molecular complexity index is 1330. The second-order valence-corrected chi connectivity index (χ2v) is 8.71. The van der Waals surface area contributed by atoms with Gasteiger partial charge in [0.1, 0.15) is 5.75 Å². The van der Waals surface area contributed by atoms with Gasteiger partial charge in [-0.15, -0.1) is 13.2 Å². The van der Waals surface area contributed by atoms with Crippen molar-refractivity contribution < 1.29 is 27.5 Å². The topological polar surface area (TPSA) is 89.4 Å². The molecule has 0 radical (unpaired) electrons. The Morgan fingerprint density at radius 3 is 2.56 bits per heavy atom. The number of piperidine rings is 1. The second kappa shape index (κ2) is 9.65. The van der Waals surface area contributed by atoms with Crippen LogP contribution in [0.3, 0.4) is 0 Å². The van der Waals surface area contributed by atoms with Gasteiger partial charge in [-0.1, -0.05) is 17.3 Å². The van der Waals surface area contributed by atoms with E-state index in [0.29, 0.717) is 17.8 Å². The van der Waals surface area contributed by atoms with E-state index in [2.05, 4.69) is 37.0 Å². The van der Waals surface area contributed by atoms with E-state index in [4.69, 9.17) is 4.52 Å². The summed E-state index contributed by atoms with van der Waals surface area (Å²) in [6, 6.07) is 15.3. The van der Waals surface area contributed by atoms with Crippen LogP contribution >= 0.6 is 0 Å². The van der Waals surface area contributed by atoms with E-state index in [1.54, 1.807) is 0 Å². The summed E-state index contributed by atoms with van der Waals surface area (Å²) in [6.45, 7) is 4.14. The first-order valence-corrected chi connectivity index (χ1v) is 11.5. The maximum atomic E-state index is 12.4. The molecule has 1 aliphatic rings. The van der Waals surface area contributed by atoms with Crippen LogP contribution < -0.4 is 9.64 Å². The molecule has 2 aromatic carbocycles. The lowest BCUT2D eigenvalue weighted by atomic mass is 10.1. The van der Waals surface area contributed by atoms with Crippen LogP contribution in [-0.2, 0) is 6.54 Å². The summed E-state index contributed by atoms with van der Waals surface area (Å²) in [5, 5.41) is 18.3. The molecule has 2 aromatic heterocycles. The number of aliphatic hydroxyl groups is 1. The number of hydrogen-bond donors (Lipinski definition) is 1. The third-order valence-corrected chi connectivity index (χ3v) is 6.04. The quantitative estimate of drug-likeness (QED) is 0.407. The van der Waals surface area contributed by atoms with Crippen LogP contribution in [-0.4, -0.2) is 50.6 Å². The van der Waals surface area contributed by atoms with Crippen molar-refractivity contribution in [2.24, 2.45) is 0 Å². The lowest BCUT2D eigenvalue weighted by molar-refractivity contribution is -0.274. The van der Waals surface area contributed by atoms with Gasteiger partial charge in [-0.05, 0) is 67.8 Å². The Morgan fingerprint density at radius 2 is 1.83 bits per heavy atom. The third-order valence-electron chi connectivity index (χ3n) is 6.04. The number of rotatable bonds is 6. The van der Waals surface area contributed by atoms with E-state index >= 15 is 0 Å². The van der Waals surface area contributed by atoms with E-state index in [1.165, 1.54) is 24.3 Å². The van der Waals surface area contributed by atoms with Gasteiger partial charge in [0, 0.05) is 30.0 Å². The molecule has 1 fully saturated rings. The minimum absolute atomic E-state index is 0.211. The maximum absolute atomic E-state index is 12.4. The third kappa shape index (κ3) is 5.51. The average Bonchev–Trinajstić information content (AvgIpc) is 3.47. The van der Waals surface area contributed by atoms with Gasteiger partial charge < -0.3 is 19.3 Å². The number of halogens is 3. The highest BCUT2D eigenvalue weighted by Crippen LogP contribution is 2.27. The number of aromatic nitrogens is 4. The van der Waals surface area contributed by atoms with Gasteiger partial charge in [0.15, 0.2) is 5.69 Å². The Kier molecular flexibility index (Phi) is 6.40. The molecule has 0 amide bonds. The van der Waals surface area contributed by atoms with Gasteiger partial charge in [0.25, 0.3) is 5.89 Å². The average molecular weight is 499 g/mol. The standard InChI is InChI=1S/C25H24F3N5O3/c1-16-13-22(24-29-23(31-36-24)18-5-7-21(8-6-18)35-25(26,27)28)30-33(16)15-17-3-2-4-19(14-17)32-11-9-20(34)10-12-32/h2-8,13-14,20,34H,9-12,15H2,1H3. The molecule has 8 nitrogen and oxygen atoms in total. The number of hydrogen-bond acceptors (Lipinski definition) is 7. The second-order valence-electron chi connectivity index (χ2n) is 8.71. The zero-order chi connectivity index (χ0) is 25.3. The Labute approximate surface area is 204 Å². The molecule has 0 aliphatic carbocycles. The fourth-order valence-electron chi connectivity index (χ4n) is 4.17. The largest absolute Gasteiger partial charge is 0.573 e. The first-order chi connectivity index (χ1) is 17.2. The van der Waals surface area contributed by atoms with Crippen LogP contribution in [0.2, 0.25) is 0 Å². The van der Waals surface area contributed by atoms with Gasteiger partial charge in [-0.3, -0.25) is 4.68 Å². The van der Waals surface area contributed by atoms with Crippen molar-refractivity contribution in [3.63, 3.8) is 0 Å². The van der Waals surface area contributed by atoms with Crippen molar-refractivity contribution >= 4 is 5.69 Å². The smallest absolute Gasteiger partial charge is 0.406 e. The SMILES string of the molecule is Cc1cc(-c2nc(-c3ccc(OC(F)(F)F)cc3)no2)nn1Cc1cccc(N2CCC(O)CC2)c1. The highest BCUT2D eigenvalue weighted by Gasteiger charge is 2.31. The molecule has 5 rings (SSSR count). The maximum Gasteiger partial charge on any atom is 0.573 e. The van der Waals surface area contributed by atoms with Gasteiger partial charge in [-0.25, -0.2) is 0 Å². The molecular formula is C25H24F3N5O3. The first-order valence-electron chi connectivity index (χ1n) is 11.5. The molecule has 0 bridgehead atoms. The molecule has 1 saturated heterocycles. The van der Waals surface area contributed by atoms with Gasteiger partial charge in [0.2, 0.25) is 5.82 Å². The van der Waals surface area contributed by atoms with E-state index in [-0.39, 0.29) is 23.6 Å². The number of ether oxygens (including phenoxy) is 1. The van der Waals surface area contributed by atoms with Crippen molar-refractivity contribution in [1.82, 2.24) is 19.9 Å². The van der Waals surface area contributed by atoms with Crippen LogP contribution in [0, 0.1) is 6.92 Å². The molecule has 4 aromatic rings. The van der Waals surface area contributed by atoms with E-state index in [0.717, 1.165) is 42.9 Å². The van der Waals surface area contributed by atoms with E-state index in [1.807, 2.05) is 29.8 Å². The number of alkyl halides is 3. The molecule has 0 atom stereocenters. The molecule has 0 saturated carbocycles. The normalized spacial score (nSPS) is 14.9. The van der Waals surface area contributed by atoms with Crippen LogP contribution in [0.4, 0.5) is 18.9 Å². The molecule has 3 heterocycles. The number of aliphatic hydroxyl groups excluding tert-OH is 1. The summed E-state index contributed by atoms with van der Waals surface area (Å²) in [4.78, 5) is 6.63.